The molecule has 1 aromatic carbocycles. The normalized spacial score (nSPS) is 13.7. The second-order valence-electron chi connectivity index (χ2n) is 8.94. The van der Waals surface area contributed by atoms with Crippen molar-refractivity contribution in [3.05, 3.63) is 50.9 Å². The van der Waals surface area contributed by atoms with Crippen LogP contribution < -0.4 is 26.4 Å². The van der Waals surface area contributed by atoms with Gasteiger partial charge in [0, 0.05) is 52.7 Å². The average molecular weight is 488 g/mol. The summed E-state index contributed by atoms with van der Waals surface area (Å²) in [5, 5.41) is 4.23. The molecule has 1 fully saturated rings. The fraction of sp³-hybridized carbons (Fsp3) is 0.400. The molecule has 0 spiro atoms. The molecule has 11 nitrogen and oxygen atoms in total. The Labute approximate surface area is 208 Å². The lowest BCUT2D eigenvalue weighted by Crippen LogP contribution is -2.44. The number of hydrogen-bond donors (Lipinski definition) is 1. The molecule has 0 atom stereocenters. The lowest BCUT2D eigenvalue weighted by atomic mass is 10.2. The Hall–Kier alpha value is -4.17. The SMILES string of the molecule is CC#CCn1c(N2CCNCC2)nc2c1c(=O)n(Cc1nc(N(C)C)c3ccccc3n1)c(=O)n2C. The molecule has 0 aliphatic carbocycles. The van der Waals surface area contributed by atoms with E-state index in [2.05, 4.69) is 32.0 Å². The highest BCUT2D eigenvalue weighted by molar-refractivity contribution is 5.89. The molecule has 1 N–H and O–H groups in total. The summed E-state index contributed by atoms with van der Waals surface area (Å²) >= 11 is 0. The molecule has 36 heavy (non-hydrogen) atoms. The van der Waals surface area contributed by atoms with Crippen LogP contribution in [0.2, 0.25) is 0 Å². The minimum absolute atomic E-state index is 0.0548. The van der Waals surface area contributed by atoms with Gasteiger partial charge in [0.25, 0.3) is 5.56 Å². The molecule has 0 amide bonds. The number of fused-ring (bicyclic) bond motifs is 2. The number of aromatic nitrogens is 6. The number of para-hydroxylation sites is 1. The number of nitrogens with one attached hydrogen (secondary N) is 1. The topological polar surface area (TPSA) is 106 Å². The van der Waals surface area contributed by atoms with E-state index in [1.165, 1.54) is 9.13 Å². The van der Waals surface area contributed by atoms with E-state index < -0.39 is 11.2 Å². The summed E-state index contributed by atoms with van der Waals surface area (Å²) in [4.78, 5) is 45.3. The van der Waals surface area contributed by atoms with Crippen LogP contribution in [0.25, 0.3) is 22.1 Å². The van der Waals surface area contributed by atoms with E-state index in [9.17, 15) is 9.59 Å². The second kappa shape index (κ2) is 9.47. The van der Waals surface area contributed by atoms with Crippen LogP contribution in [0.1, 0.15) is 12.7 Å². The lowest BCUT2D eigenvalue weighted by molar-refractivity contribution is 0.572. The zero-order chi connectivity index (χ0) is 25.4. The third-order valence-corrected chi connectivity index (χ3v) is 6.38. The summed E-state index contributed by atoms with van der Waals surface area (Å²) in [7, 11) is 5.44. The van der Waals surface area contributed by atoms with Gasteiger partial charge in [0.2, 0.25) is 5.95 Å². The predicted octanol–water partition coefficient (Wildman–Crippen LogP) is 0.387. The van der Waals surface area contributed by atoms with Crippen molar-refractivity contribution in [2.45, 2.75) is 20.0 Å². The molecular formula is C25H29N9O2. The van der Waals surface area contributed by atoms with Gasteiger partial charge in [-0.2, -0.15) is 4.98 Å². The Balaban J connectivity index is 1.70. The molecule has 3 aromatic heterocycles. The van der Waals surface area contributed by atoms with Crippen LogP contribution in [0, 0.1) is 11.8 Å². The third-order valence-electron chi connectivity index (χ3n) is 6.38. The highest BCUT2D eigenvalue weighted by atomic mass is 16.2. The maximum Gasteiger partial charge on any atom is 0.332 e. The molecule has 0 unspecified atom stereocenters. The summed E-state index contributed by atoms with van der Waals surface area (Å²) in [5.74, 6) is 7.72. The van der Waals surface area contributed by atoms with Crippen molar-refractivity contribution in [3.8, 4) is 11.8 Å². The smallest absolute Gasteiger partial charge is 0.332 e. The molecule has 0 bridgehead atoms. The maximum atomic E-state index is 13.8. The van der Waals surface area contributed by atoms with E-state index in [1.54, 1.807) is 14.0 Å². The summed E-state index contributed by atoms with van der Waals surface area (Å²) in [5.41, 5.74) is 0.557. The first-order valence-corrected chi connectivity index (χ1v) is 11.9. The van der Waals surface area contributed by atoms with Gasteiger partial charge in [0.05, 0.1) is 18.6 Å². The Morgan fingerprint density at radius 1 is 1.06 bits per heavy atom. The Kier molecular flexibility index (Phi) is 6.20. The zero-order valence-electron chi connectivity index (χ0n) is 20.9. The third kappa shape index (κ3) is 3.99. The van der Waals surface area contributed by atoms with Gasteiger partial charge in [0.15, 0.2) is 17.0 Å². The van der Waals surface area contributed by atoms with Gasteiger partial charge >= 0.3 is 5.69 Å². The van der Waals surface area contributed by atoms with Crippen LogP contribution in [-0.2, 0) is 20.1 Å². The highest BCUT2D eigenvalue weighted by Gasteiger charge is 2.24. The lowest BCUT2D eigenvalue weighted by Gasteiger charge is -2.28. The number of benzene rings is 1. The first-order valence-electron chi connectivity index (χ1n) is 11.9. The van der Waals surface area contributed by atoms with E-state index in [-0.39, 0.29) is 6.54 Å². The molecule has 186 valence electrons. The van der Waals surface area contributed by atoms with Gasteiger partial charge in [-0.05, 0) is 19.1 Å². The van der Waals surface area contributed by atoms with Crippen LogP contribution in [0.15, 0.2) is 33.9 Å². The van der Waals surface area contributed by atoms with Crippen molar-refractivity contribution in [1.29, 1.82) is 0 Å². The number of nitrogens with zero attached hydrogens (tertiary/aromatic N) is 8. The Bertz CT molecular complexity index is 1630. The van der Waals surface area contributed by atoms with Gasteiger partial charge in [-0.15, -0.1) is 5.92 Å². The summed E-state index contributed by atoms with van der Waals surface area (Å²) in [6.07, 6.45) is 0. The van der Waals surface area contributed by atoms with Crippen molar-refractivity contribution >= 4 is 33.8 Å². The van der Waals surface area contributed by atoms with Crippen molar-refractivity contribution in [3.63, 3.8) is 0 Å². The van der Waals surface area contributed by atoms with Gasteiger partial charge in [-0.25, -0.2) is 14.8 Å². The van der Waals surface area contributed by atoms with Crippen molar-refractivity contribution < 1.29 is 0 Å². The highest BCUT2D eigenvalue weighted by Crippen LogP contribution is 2.23. The number of anilines is 2. The summed E-state index contributed by atoms with van der Waals surface area (Å²) in [6.45, 7) is 5.15. The number of aryl methyl sites for hydroxylation is 1. The molecule has 11 heteroatoms. The van der Waals surface area contributed by atoms with Crippen LogP contribution in [-0.4, -0.2) is 68.9 Å². The molecule has 1 saturated heterocycles. The van der Waals surface area contributed by atoms with Gasteiger partial charge in [0.1, 0.15) is 5.82 Å². The van der Waals surface area contributed by atoms with Crippen molar-refractivity contribution in [1.82, 2.24) is 34.0 Å². The fourth-order valence-electron chi connectivity index (χ4n) is 4.57. The number of hydrogen-bond acceptors (Lipinski definition) is 8. The largest absolute Gasteiger partial charge is 0.362 e. The van der Waals surface area contributed by atoms with Crippen LogP contribution in [0.4, 0.5) is 11.8 Å². The van der Waals surface area contributed by atoms with E-state index in [0.717, 1.165) is 42.9 Å². The molecule has 0 radical (unpaired) electrons. The van der Waals surface area contributed by atoms with Crippen LogP contribution >= 0.6 is 0 Å². The minimum atomic E-state index is -0.464. The zero-order valence-corrected chi connectivity index (χ0v) is 20.9. The Morgan fingerprint density at radius 2 is 1.81 bits per heavy atom. The Morgan fingerprint density at radius 3 is 2.53 bits per heavy atom. The van der Waals surface area contributed by atoms with E-state index in [4.69, 9.17) is 4.98 Å². The summed E-state index contributed by atoms with van der Waals surface area (Å²) in [6, 6.07) is 7.69. The molecule has 4 heterocycles. The number of imidazole rings is 1. The minimum Gasteiger partial charge on any atom is -0.362 e. The molecule has 4 aromatic rings. The van der Waals surface area contributed by atoms with Gasteiger partial charge in [-0.1, -0.05) is 18.1 Å². The molecule has 1 aliphatic heterocycles. The summed E-state index contributed by atoms with van der Waals surface area (Å²) < 4.78 is 4.43. The van der Waals surface area contributed by atoms with E-state index in [0.29, 0.717) is 29.5 Å². The molecule has 1 aliphatic rings. The quantitative estimate of drug-likeness (QED) is 0.403. The van der Waals surface area contributed by atoms with Crippen LogP contribution in [0.3, 0.4) is 0 Å². The average Bonchev–Trinajstić information content (AvgIpc) is 3.28. The first-order chi connectivity index (χ1) is 17.4. The van der Waals surface area contributed by atoms with E-state index >= 15 is 0 Å². The fourth-order valence-corrected chi connectivity index (χ4v) is 4.57. The maximum absolute atomic E-state index is 13.8. The molecule has 0 saturated carbocycles. The van der Waals surface area contributed by atoms with Crippen molar-refractivity contribution in [2.75, 3.05) is 50.1 Å². The van der Waals surface area contributed by atoms with Crippen LogP contribution in [0.5, 0.6) is 0 Å². The second-order valence-corrected chi connectivity index (χ2v) is 8.94. The number of rotatable bonds is 5. The predicted molar refractivity (Wildman–Crippen MR) is 141 cm³/mol. The van der Waals surface area contributed by atoms with Gasteiger partial charge < -0.3 is 15.1 Å². The molecular weight excluding hydrogens is 458 g/mol. The monoisotopic (exact) mass is 487 g/mol. The van der Waals surface area contributed by atoms with E-state index in [1.807, 2.05) is 47.8 Å². The number of piperazine rings is 1. The standard InChI is InChI=1S/C25H29N9O2/c1-5-6-13-33-20-22(29-24(33)32-14-11-26-12-15-32)31(4)25(36)34(23(20)35)16-19-27-18-10-8-7-9-17(18)21(28-19)30(2)3/h7-10,26H,11-16H2,1-4H3. The van der Waals surface area contributed by atoms with Crippen molar-refractivity contribution in [2.24, 2.45) is 7.05 Å². The van der Waals surface area contributed by atoms with Gasteiger partial charge in [-0.3, -0.25) is 18.5 Å². The molecule has 5 rings (SSSR count). The first kappa shape index (κ1) is 23.6.